The third-order valence-electron chi connectivity index (χ3n) is 5.71. The zero-order valence-electron chi connectivity index (χ0n) is 18.9. The number of carbonyl (C=O) groups is 1. The summed E-state index contributed by atoms with van der Waals surface area (Å²) in [6, 6.07) is 17.4. The van der Waals surface area contributed by atoms with Crippen molar-refractivity contribution in [2.75, 3.05) is 18.4 Å². The van der Waals surface area contributed by atoms with E-state index in [2.05, 4.69) is 28.6 Å². The van der Waals surface area contributed by atoms with Crippen molar-refractivity contribution in [2.45, 2.75) is 25.3 Å². The average Bonchev–Trinajstić information content (AvgIpc) is 3.41. The van der Waals surface area contributed by atoms with Crippen LogP contribution in [0.1, 0.15) is 29.9 Å². The normalized spacial score (nSPS) is 11.9. The van der Waals surface area contributed by atoms with Gasteiger partial charge in [-0.2, -0.15) is 9.40 Å². The number of rotatable bonds is 8. The highest BCUT2D eigenvalue weighted by Crippen LogP contribution is 2.22. The fourth-order valence-corrected chi connectivity index (χ4v) is 5.48. The molecule has 1 N–H and O–H groups in total. The van der Waals surface area contributed by atoms with Crippen LogP contribution in [0.4, 0.5) is 5.82 Å². The fourth-order valence-electron chi connectivity index (χ4n) is 3.95. The maximum Gasteiger partial charge on any atom is 0.273 e. The van der Waals surface area contributed by atoms with Gasteiger partial charge in [-0.25, -0.2) is 13.1 Å². The Morgan fingerprint density at radius 2 is 1.79 bits per heavy atom. The highest BCUT2D eigenvalue weighted by molar-refractivity contribution is 7.89. The van der Waals surface area contributed by atoms with Crippen molar-refractivity contribution in [3.8, 4) is 0 Å². The molecule has 2 aromatic carbocycles. The van der Waals surface area contributed by atoms with Gasteiger partial charge in [0.1, 0.15) is 16.4 Å². The van der Waals surface area contributed by atoms with Gasteiger partial charge in [0.2, 0.25) is 10.0 Å². The lowest BCUT2D eigenvalue weighted by molar-refractivity contribution is 0.101. The van der Waals surface area contributed by atoms with Gasteiger partial charge in [-0.05, 0) is 22.4 Å². The number of aromatic nitrogens is 3. The third-order valence-corrected chi connectivity index (χ3v) is 7.73. The van der Waals surface area contributed by atoms with Crippen molar-refractivity contribution < 1.29 is 13.2 Å². The van der Waals surface area contributed by atoms with Gasteiger partial charge in [0.15, 0.2) is 0 Å². The van der Waals surface area contributed by atoms with E-state index in [0.29, 0.717) is 25.5 Å². The molecule has 2 aromatic heterocycles. The second-order valence-corrected chi connectivity index (χ2v) is 9.67. The van der Waals surface area contributed by atoms with Gasteiger partial charge in [-0.15, -0.1) is 0 Å². The fraction of sp³-hybridized carbons (Fsp3) is 0.250. The number of fused-ring (bicyclic) bond motifs is 1. The Bertz CT molecular complexity index is 1400. The summed E-state index contributed by atoms with van der Waals surface area (Å²) in [5.74, 6) is 0.125. The molecule has 0 aliphatic carbocycles. The molecule has 4 rings (SSSR count). The molecule has 0 bridgehead atoms. The number of anilines is 1. The molecule has 33 heavy (non-hydrogen) atoms. The summed E-state index contributed by atoms with van der Waals surface area (Å²) in [5, 5.41) is 9.50. The molecular weight excluding hydrogens is 438 g/mol. The van der Waals surface area contributed by atoms with Crippen LogP contribution in [0.15, 0.2) is 71.9 Å². The van der Waals surface area contributed by atoms with Gasteiger partial charge >= 0.3 is 0 Å². The van der Waals surface area contributed by atoms with Crippen molar-refractivity contribution in [1.29, 1.82) is 0 Å². The number of carbonyl (C=O) groups excluding carboxylic acids is 1. The lowest BCUT2D eigenvalue weighted by atomic mass is 10.0. The second kappa shape index (κ2) is 9.21. The second-order valence-electron chi connectivity index (χ2n) is 7.73. The Labute approximate surface area is 193 Å². The molecule has 0 saturated carbocycles. The van der Waals surface area contributed by atoms with E-state index in [1.54, 1.807) is 37.8 Å². The van der Waals surface area contributed by atoms with E-state index < -0.39 is 15.9 Å². The molecule has 172 valence electrons. The number of amides is 1. The van der Waals surface area contributed by atoms with Gasteiger partial charge < -0.3 is 9.88 Å². The summed E-state index contributed by atoms with van der Waals surface area (Å²) < 4.78 is 30.3. The first kappa shape index (κ1) is 22.8. The van der Waals surface area contributed by atoms with E-state index in [4.69, 9.17) is 0 Å². The molecule has 0 fully saturated rings. The number of sulfonamides is 1. The van der Waals surface area contributed by atoms with Crippen LogP contribution in [0.2, 0.25) is 0 Å². The molecule has 0 aliphatic heterocycles. The van der Waals surface area contributed by atoms with Crippen molar-refractivity contribution in [1.82, 2.24) is 18.7 Å². The SMILES string of the molecule is CCN(CC)S(=O)(=O)c1cc(C(=O)Nc2ccnn2Cc2cccc3ccccc23)n(C)c1. The minimum atomic E-state index is -3.65. The Morgan fingerprint density at radius 3 is 2.55 bits per heavy atom. The van der Waals surface area contributed by atoms with Crippen molar-refractivity contribution in [2.24, 2.45) is 7.05 Å². The molecule has 0 atom stereocenters. The smallest absolute Gasteiger partial charge is 0.273 e. The van der Waals surface area contributed by atoms with Crippen LogP contribution in [-0.4, -0.2) is 46.1 Å². The molecule has 4 aromatic rings. The number of aryl methyl sites for hydroxylation is 1. The molecule has 0 radical (unpaired) electrons. The van der Waals surface area contributed by atoms with Crippen LogP contribution in [-0.2, 0) is 23.6 Å². The highest BCUT2D eigenvalue weighted by atomic mass is 32.2. The number of nitrogens with zero attached hydrogens (tertiary/aromatic N) is 4. The van der Waals surface area contributed by atoms with Gasteiger partial charge in [-0.1, -0.05) is 56.3 Å². The molecule has 0 aliphatic rings. The summed E-state index contributed by atoms with van der Waals surface area (Å²) in [6.07, 6.45) is 3.10. The minimum Gasteiger partial charge on any atom is -0.345 e. The van der Waals surface area contributed by atoms with Gasteiger partial charge in [-0.3, -0.25) is 4.79 Å². The minimum absolute atomic E-state index is 0.100. The molecule has 2 heterocycles. The van der Waals surface area contributed by atoms with Crippen molar-refractivity contribution in [3.63, 3.8) is 0 Å². The number of hydrogen-bond acceptors (Lipinski definition) is 4. The van der Waals surface area contributed by atoms with Crippen LogP contribution < -0.4 is 5.32 Å². The molecule has 8 nitrogen and oxygen atoms in total. The van der Waals surface area contributed by atoms with Crippen LogP contribution >= 0.6 is 0 Å². The van der Waals surface area contributed by atoms with Crippen LogP contribution in [0, 0.1) is 0 Å². The zero-order chi connectivity index (χ0) is 23.6. The summed E-state index contributed by atoms with van der Waals surface area (Å²) in [4.78, 5) is 13.1. The number of benzene rings is 2. The molecule has 0 saturated heterocycles. The zero-order valence-corrected chi connectivity index (χ0v) is 19.7. The molecule has 9 heteroatoms. The van der Waals surface area contributed by atoms with E-state index in [1.807, 2.05) is 24.3 Å². The first-order valence-electron chi connectivity index (χ1n) is 10.8. The predicted molar refractivity (Wildman–Crippen MR) is 129 cm³/mol. The van der Waals surface area contributed by atoms with Gasteiger partial charge in [0, 0.05) is 32.4 Å². The largest absolute Gasteiger partial charge is 0.345 e. The highest BCUT2D eigenvalue weighted by Gasteiger charge is 2.25. The quantitative estimate of drug-likeness (QED) is 0.430. The maximum absolute atomic E-state index is 13.0. The topological polar surface area (TPSA) is 89.2 Å². The van der Waals surface area contributed by atoms with Gasteiger partial charge in [0.25, 0.3) is 5.91 Å². The predicted octanol–water partition coefficient (Wildman–Crippen LogP) is 3.71. The van der Waals surface area contributed by atoms with E-state index in [9.17, 15) is 13.2 Å². The monoisotopic (exact) mass is 465 g/mol. The first-order valence-corrected chi connectivity index (χ1v) is 12.3. The summed E-state index contributed by atoms with van der Waals surface area (Å²) in [5.41, 5.74) is 1.33. The Hall–Kier alpha value is -3.43. The van der Waals surface area contributed by atoms with Crippen LogP contribution in [0.5, 0.6) is 0 Å². The average molecular weight is 466 g/mol. The van der Waals surface area contributed by atoms with Gasteiger partial charge in [0.05, 0.1) is 12.7 Å². The lowest BCUT2D eigenvalue weighted by Crippen LogP contribution is -2.30. The Kier molecular flexibility index (Phi) is 6.35. The third kappa shape index (κ3) is 4.42. The summed E-state index contributed by atoms with van der Waals surface area (Å²) >= 11 is 0. The Morgan fingerprint density at radius 1 is 1.06 bits per heavy atom. The van der Waals surface area contributed by atoms with E-state index in [1.165, 1.54) is 21.1 Å². The molecule has 0 unspecified atom stereocenters. The van der Waals surface area contributed by atoms with Crippen LogP contribution in [0.25, 0.3) is 10.8 Å². The van der Waals surface area contributed by atoms with Crippen molar-refractivity contribution >= 4 is 32.5 Å². The van der Waals surface area contributed by atoms with Crippen LogP contribution in [0.3, 0.4) is 0 Å². The molecular formula is C24H27N5O3S. The standard InChI is InChI=1S/C24H27N5O3S/c1-4-28(5-2)33(31,32)20-15-22(27(3)17-20)24(30)26-23-13-14-25-29(23)16-19-11-8-10-18-9-6-7-12-21(18)19/h6-15,17H,4-5,16H2,1-3H3,(H,26,30). The van der Waals surface area contributed by atoms with E-state index in [-0.39, 0.29) is 10.6 Å². The van der Waals surface area contributed by atoms with Crippen molar-refractivity contribution in [3.05, 3.63) is 78.2 Å². The lowest BCUT2D eigenvalue weighted by Gasteiger charge is -2.17. The first-order chi connectivity index (χ1) is 15.8. The maximum atomic E-state index is 13.0. The van der Waals surface area contributed by atoms with E-state index in [0.717, 1.165) is 16.3 Å². The molecule has 1 amide bonds. The van der Waals surface area contributed by atoms with E-state index >= 15 is 0 Å². The molecule has 0 spiro atoms. The number of nitrogens with one attached hydrogen (secondary N) is 1. The summed E-state index contributed by atoms with van der Waals surface area (Å²) in [6.45, 7) is 4.79. The Balaban J connectivity index is 1.58. The number of hydrogen-bond donors (Lipinski definition) is 1. The summed E-state index contributed by atoms with van der Waals surface area (Å²) in [7, 11) is -2.00.